The van der Waals surface area contributed by atoms with Gasteiger partial charge in [-0.3, -0.25) is 4.79 Å². The highest BCUT2D eigenvalue weighted by Crippen LogP contribution is 2.27. The van der Waals surface area contributed by atoms with Crippen LogP contribution in [-0.2, 0) is 4.79 Å². The van der Waals surface area contributed by atoms with E-state index in [1.165, 1.54) is 0 Å². The number of nitriles is 1. The Hall–Kier alpha value is -2.78. The van der Waals surface area contributed by atoms with Crippen molar-refractivity contribution in [2.45, 2.75) is 64.5 Å². The normalized spacial score (nSPS) is 18.4. The molecule has 0 saturated heterocycles. The molecular weight excluding hydrogens is 426 g/mol. The van der Waals surface area contributed by atoms with Crippen molar-refractivity contribution in [3.63, 3.8) is 0 Å². The minimum atomic E-state index is -0.462. The number of hydrogen-bond acceptors (Lipinski definition) is 5. The topological polar surface area (TPSA) is 84.2 Å². The number of nitrogens with one attached hydrogen (secondary N) is 1. The van der Waals surface area contributed by atoms with Gasteiger partial charge in [0.25, 0.3) is 0 Å². The third kappa shape index (κ3) is 7.13. The molecule has 1 aromatic heterocycles. The molecule has 0 radical (unpaired) electrons. The SMILES string of the molecule is CC(C)(CCCOc1ccc(C#N)cc1)C(=O)NC1CCC(Oc2ccc(Cl)nc2)CC1. The molecule has 32 heavy (non-hydrogen) atoms. The maximum atomic E-state index is 12.8. The van der Waals surface area contributed by atoms with Gasteiger partial charge in [0.1, 0.15) is 16.7 Å². The van der Waals surface area contributed by atoms with E-state index in [0.29, 0.717) is 17.3 Å². The summed E-state index contributed by atoms with van der Waals surface area (Å²) in [7, 11) is 0. The first kappa shape index (κ1) is 23.9. The van der Waals surface area contributed by atoms with Gasteiger partial charge in [-0.15, -0.1) is 0 Å². The first-order valence-electron chi connectivity index (χ1n) is 11.1. The summed E-state index contributed by atoms with van der Waals surface area (Å²) in [4.78, 5) is 16.9. The van der Waals surface area contributed by atoms with Crippen LogP contribution < -0.4 is 14.8 Å². The van der Waals surface area contributed by atoms with Crippen molar-refractivity contribution in [1.29, 1.82) is 5.26 Å². The lowest BCUT2D eigenvalue weighted by Crippen LogP contribution is -2.45. The Morgan fingerprint density at radius 3 is 2.47 bits per heavy atom. The molecule has 0 atom stereocenters. The van der Waals surface area contributed by atoms with E-state index in [-0.39, 0.29) is 18.1 Å². The van der Waals surface area contributed by atoms with Crippen molar-refractivity contribution in [2.24, 2.45) is 5.41 Å². The van der Waals surface area contributed by atoms with E-state index >= 15 is 0 Å². The summed E-state index contributed by atoms with van der Waals surface area (Å²) in [6, 6.07) is 12.9. The van der Waals surface area contributed by atoms with Crippen LogP contribution in [0, 0.1) is 16.7 Å². The number of carbonyl (C=O) groups is 1. The maximum Gasteiger partial charge on any atom is 0.225 e. The molecule has 1 heterocycles. The predicted octanol–water partition coefficient (Wildman–Crippen LogP) is 5.30. The number of rotatable bonds is 9. The molecule has 0 unspecified atom stereocenters. The Kier molecular flexibility index (Phi) is 8.35. The van der Waals surface area contributed by atoms with Crippen LogP contribution in [0.4, 0.5) is 0 Å². The predicted molar refractivity (Wildman–Crippen MR) is 124 cm³/mol. The number of halogens is 1. The zero-order valence-corrected chi connectivity index (χ0v) is 19.4. The van der Waals surface area contributed by atoms with Crippen LogP contribution in [0.2, 0.25) is 5.15 Å². The molecule has 0 aliphatic heterocycles. The molecule has 1 amide bonds. The van der Waals surface area contributed by atoms with Crippen LogP contribution in [0.5, 0.6) is 11.5 Å². The average Bonchev–Trinajstić information content (AvgIpc) is 2.80. The zero-order chi connectivity index (χ0) is 23.0. The smallest absolute Gasteiger partial charge is 0.225 e. The number of hydrogen-bond donors (Lipinski definition) is 1. The van der Waals surface area contributed by atoms with Gasteiger partial charge in [-0.1, -0.05) is 25.4 Å². The van der Waals surface area contributed by atoms with Crippen LogP contribution in [0.15, 0.2) is 42.6 Å². The van der Waals surface area contributed by atoms with Crippen molar-refractivity contribution in [3.05, 3.63) is 53.3 Å². The van der Waals surface area contributed by atoms with Crippen molar-refractivity contribution in [3.8, 4) is 17.6 Å². The summed E-state index contributed by atoms with van der Waals surface area (Å²) in [5, 5.41) is 12.5. The highest BCUT2D eigenvalue weighted by atomic mass is 35.5. The number of aromatic nitrogens is 1. The van der Waals surface area contributed by atoms with E-state index < -0.39 is 5.41 Å². The fourth-order valence-electron chi connectivity index (χ4n) is 3.77. The Balaban J connectivity index is 1.35. The fraction of sp³-hybridized carbons (Fsp3) is 0.480. The summed E-state index contributed by atoms with van der Waals surface area (Å²) in [6.45, 7) is 4.49. The van der Waals surface area contributed by atoms with Gasteiger partial charge in [0.15, 0.2) is 0 Å². The molecule has 2 aromatic rings. The molecule has 1 aromatic carbocycles. The Bertz CT molecular complexity index is 915. The quantitative estimate of drug-likeness (QED) is 0.409. The molecule has 1 aliphatic rings. The molecule has 0 bridgehead atoms. The summed E-state index contributed by atoms with van der Waals surface area (Å²) in [6.07, 6.45) is 6.87. The second-order valence-corrected chi connectivity index (χ2v) is 9.24. The summed E-state index contributed by atoms with van der Waals surface area (Å²) >= 11 is 5.81. The molecule has 1 N–H and O–H groups in total. The van der Waals surface area contributed by atoms with Gasteiger partial charge < -0.3 is 14.8 Å². The molecule has 1 aliphatic carbocycles. The lowest BCUT2D eigenvalue weighted by Gasteiger charge is -2.32. The first-order chi connectivity index (χ1) is 15.4. The van der Waals surface area contributed by atoms with E-state index in [4.69, 9.17) is 26.3 Å². The van der Waals surface area contributed by atoms with Gasteiger partial charge in [-0.25, -0.2) is 4.98 Å². The lowest BCUT2D eigenvalue weighted by molar-refractivity contribution is -0.130. The maximum absolute atomic E-state index is 12.8. The number of ether oxygens (including phenoxy) is 2. The largest absolute Gasteiger partial charge is 0.494 e. The number of benzene rings is 1. The monoisotopic (exact) mass is 455 g/mol. The summed E-state index contributed by atoms with van der Waals surface area (Å²) < 4.78 is 11.7. The Labute approximate surface area is 194 Å². The summed E-state index contributed by atoms with van der Waals surface area (Å²) in [5.74, 6) is 1.55. The van der Waals surface area contributed by atoms with E-state index in [1.807, 2.05) is 19.9 Å². The van der Waals surface area contributed by atoms with E-state index in [1.54, 1.807) is 36.5 Å². The van der Waals surface area contributed by atoms with Crippen molar-refractivity contribution in [1.82, 2.24) is 10.3 Å². The minimum absolute atomic E-state index is 0.0853. The molecule has 3 rings (SSSR count). The second kappa shape index (κ2) is 11.2. The van der Waals surface area contributed by atoms with Crippen LogP contribution in [-0.4, -0.2) is 29.6 Å². The van der Waals surface area contributed by atoms with Gasteiger partial charge in [-0.2, -0.15) is 5.26 Å². The average molecular weight is 456 g/mol. The number of nitrogens with zero attached hydrogens (tertiary/aromatic N) is 2. The molecular formula is C25H30ClN3O3. The fourth-order valence-corrected chi connectivity index (χ4v) is 3.89. The lowest BCUT2D eigenvalue weighted by atomic mass is 9.85. The molecule has 1 fully saturated rings. The number of amides is 1. The number of carbonyl (C=O) groups excluding carboxylic acids is 1. The Morgan fingerprint density at radius 1 is 1.16 bits per heavy atom. The number of pyridine rings is 1. The van der Waals surface area contributed by atoms with Crippen molar-refractivity contribution < 1.29 is 14.3 Å². The second-order valence-electron chi connectivity index (χ2n) is 8.85. The first-order valence-corrected chi connectivity index (χ1v) is 11.5. The van der Waals surface area contributed by atoms with Crippen LogP contribution in [0.3, 0.4) is 0 Å². The molecule has 0 spiro atoms. The van der Waals surface area contributed by atoms with E-state index in [9.17, 15) is 4.79 Å². The minimum Gasteiger partial charge on any atom is -0.494 e. The molecule has 7 heteroatoms. The van der Waals surface area contributed by atoms with Crippen molar-refractivity contribution >= 4 is 17.5 Å². The highest BCUT2D eigenvalue weighted by molar-refractivity contribution is 6.29. The van der Waals surface area contributed by atoms with E-state index in [2.05, 4.69) is 16.4 Å². The van der Waals surface area contributed by atoms with Gasteiger partial charge in [0, 0.05) is 11.5 Å². The van der Waals surface area contributed by atoms with Gasteiger partial charge in [0.2, 0.25) is 5.91 Å². The Morgan fingerprint density at radius 2 is 1.84 bits per heavy atom. The van der Waals surface area contributed by atoms with Gasteiger partial charge >= 0.3 is 0 Å². The molecule has 170 valence electrons. The molecule has 1 saturated carbocycles. The zero-order valence-electron chi connectivity index (χ0n) is 18.6. The van der Waals surface area contributed by atoms with E-state index in [0.717, 1.165) is 50.0 Å². The third-order valence-corrected chi connectivity index (χ3v) is 6.05. The van der Waals surface area contributed by atoms with Gasteiger partial charge in [0.05, 0.1) is 30.5 Å². The highest BCUT2D eigenvalue weighted by Gasteiger charge is 2.31. The molecule has 6 nitrogen and oxygen atoms in total. The van der Waals surface area contributed by atoms with Gasteiger partial charge in [-0.05, 0) is 74.9 Å². The van der Waals surface area contributed by atoms with Crippen LogP contribution in [0.1, 0.15) is 57.9 Å². The standard InChI is InChI=1S/C25H30ClN3O3/c1-25(2,14-3-15-31-20-8-4-18(16-27)5-9-20)24(30)29-19-6-10-21(11-7-19)32-22-12-13-23(26)28-17-22/h4-5,8-9,12-13,17,19,21H,3,6-7,10-11,14-15H2,1-2H3,(H,29,30). The summed E-state index contributed by atoms with van der Waals surface area (Å²) in [5.41, 5.74) is 0.147. The van der Waals surface area contributed by atoms with Crippen LogP contribution >= 0.6 is 11.6 Å². The van der Waals surface area contributed by atoms with Crippen LogP contribution in [0.25, 0.3) is 0 Å². The van der Waals surface area contributed by atoms with Crippen molar-refractivity contribution in [2.75, 3.05) is 6.61 Å². The third-order valence-electron chi connectivity index (χ3n) is 5.83.